The Hall–Kier alpha value is -2.22. The van der Waals surface area contributed by atoms with E-state index in [9.17, 15) is 0 Å². The van der Waals surface area contributed by atoms with E-state index in [1.165, 1.54) is 0 Å². The van der Waals surface area contributed by atoms with Gasteiger partial charge in [-0.05, 0) is 6.92 Å². The second-order valence-corrected chi connectivity index (χ2v) is 4.51. The third-order valence-electron chi connectivity index (χ3n) is 3.17. The van der Waals surface area contributed by atoms with E-state index in [-0.39, 0.29) is 5.95 Å². The highest BCUT2D eigenvalue weighted by Gasteiger charge is 2.17. The molecular weight excluding hydrogens is 244 g/mol. The minimum atomic E-state index is 0.134. The van der Waals surface area contributed by atoms with E-state index in [0.29, 0.717) is 22.8 Å². The minimum absolute atomic E-state index is 0.134. The Balaban J connectivity index is 2.12. The van der Waals surface area contributed by atoms with Crippen molar-refractivity contribution in [1.82, 2.24) is 25.3 Å². The van der Waals surface area contributed by atoms with Crippen LogP contribution >= 0.6 is 0 Å². The van der Waals surface area contributed by atoms with Gasteiger partial charge in [0.25, 0.3) is 0 Å². The van der Waals surface area contributed by atoms with Crippen LogP contribution in [-0.2, 0) is 0 Å². The van der Waals surface area contributed by atoms with Crippen LogP contribution in [0.25, 0.3) is 11.0 Å². The van der Waals surface area contributed by atoms with Gasteiger partial charge in [-0.15, -0.1) is 0 Å². The van der Waals surface area contributed by atoms with Crippen LogP contribution in [0, 0.1) is 6.92 Å². The molecule has 0 aliphatic carbocycles. The molecule has 0 radical (unpaired) electrons. The zero-order valence-electron chi connectivity index (χ0n) is 10.7. The lowest BCUT2D eigenvalue weighted by Gasteiger charge is -2.27. The van der Waals surface area contributed by atoms with Gasteiger partial charge in [-0.2, -0.15) is 15.0 Å². The zero-order valence-corrected chi connectivity index (χ0v) is 10.7. The fraction of sp³-hybridized carbons (Fsp3) is 0.455. The summed E-state index contributed by atoms with van der Waals surface area (Å²) in [6.07, 6.45) is 0. The van der Waals surface area contributed by atoms with Crippen LogP contribution in [0.4, 0.5) is 17.7 Å². The first-order valence-corrected chi connectivity index (χ1v) is 6.18. The molecule has 8 nitrogen and oxygen atoms in total. The van der Waals surface area contributed by atoms with Gasteiger partial charge in [0, 0.05) is 26.2 Å². The third-order valence-corrected chi connectivity index (χ3v) is 3.17. The molecule has 19 heavy (non-hydrogen) atoms. The van der Waals surface area contributed by atoms with Crippen LogP contribution in [0.1, 0.15) is 5.69 Å². The highest BCUT2D eigenvalue weighted by atomic mass is 15.3. The molecule has 1 saturated heterocycles. The lowest BCUT2D eigenvalue weighted by atomic mass is 10.3. The first-order chi connectivity index (χ1) is 9.15. The van der Waals surface area contributed by atoms with E-state index >= 15 is 0 Å². The van der Waals surface area contributed by atoms with Crippen molar-refractivity contribution in [2.45, 2.75) is 6.92 Å². The molecule has 3 heterocycles. The van der Waals surface area contributed by atoms with Gasteiger partial charge in [0.1, 0.15) is 5.82 Å². The van der Waals surface area contributed by atoms with Crippen LogP contribution in [0.15, 0.2) is 0 Å². The van der Waals surface area contributed by atoms with Gasteiger partial charge in [0.15, 0.2) is 5.65 Å². The lowest BCUT2D eigenvalue weighted by Crippen LogP contribution is -2.44. The molecule has 1 aliphatic rings. The quantitative estimate of drug-likeness (QED) is 0.616. The van der Waals surface area contributed by atoms with Crippen LogP contribution < -0.4 is 21.7 Å². The van der Waals surface area contributed by atoms with Crippen molar-refractivity contribution in [3.8, 4) is 0 Å². The van der Waals surface area contributed by atoms with Gasteiger partial charge in [-0.1, -0.05) is 0 Å². The molecule has 0 amide bonds. The first kappa shape index (κ1) is 11.8. The van der Waals surface area contributed by atoms with Gasteiger partial charge >= 0.3 is 0 Å². The number of hydrogen-bond donors (Lipinski definition) is 3. The topological polar surface area (TPSA) is 119 Å². The molecule has 3 rings (SSSR count). The number of nitrogens with two attached hydrogens (primary N) is 2. The number of aromatic nitrogens is 4. The lowest BCUT2D eigenvalue weighted by molar-refractivity contribution is 0.580. The van der Waals surface area contributed by atoms with Crippen LogP contribution in [0.3, 0.4) is 0 Å². The number of rotatable bonds is 1. The van der Waals surface area contributed by atoms with Crippen LogP contribution in [0.2, 0.25) is 0 Å². The van der Waals surface area contributed by atoms with Gasteiger partial charge in [-0.25, -0.2) is 4.98 Å². The predicted octanol–water partition coefficient (Wildman–Crippen LogP) is -0.698. The second-order valence-electron chi connectivity index (χ2n) is 4.51. The van der Waals surface area contributed by atoms with E-state index in [2.05, 4.69) is 30.2 Å². The maximum atomic E-state index is 5.85. The molecule has 2 aromatic rings. The number of anilines is 3. The maximum Gasteiger partial charge on any atom is 0.227 e. The molecule has 8 heteroatoms. The van der Waals surface area contributed by atoms with E-state index in [0.717, 1.165) is 31.9 Å². The standard InChI is InChI=1S/C11H16N8/c1-6-7-8(12)16-10(13)17-9(7)18-11(15-6)19-4-2-14-3-5-19/h14H,2-5H2,1H3,(H4,12,13,15,16,17,18). The van der Waals surface area contributed by atoms with Crippen molar-refractivity contribution in [3.05, 3.63) is 5.69 Å². The Kier molecular flexibility index (Phi) is 2.79. The average molecular weight is 260 g/mol. The molecule has 100 valence electrons. The van der Waals surface area contributed by atoms with Crippen LogP contribution in [-0.4, -0.2) is 46.1 Å². The molecule has 1 aliphatic heterocycles. The Morgan fingerprint density at radius 1 is 1.05 bits per heavy atom. The summed E-state index contributed by atoms with van der Waals surface area (Å²) >= 11 is 0. The summed E-state index contributed by atoms with van der Waals surface area (Å²) in [6, 6.07) is 0. The number of nitrogens with one attached hydrogen (secondary N) is 1. The number of hydrogen-bond acceptors (Lipinski definition) is 8. The first-order valence-electron chi connectivity index (χ1n) is 6.18. The van der Waals surface area contributed by atoms with E-state index in [4.69, 9.17) is 11.5 Å². The Morgan fingerprint density at radius 2 is 1.79 bits per heavy atom. The van der Waals surface area contributed by atoms with Gasteiger partial charge in [0.05, 0.1) is 11.1 Å². The second kappa shape index (κ2) is 4.47. The van der Waals surface area contributed by atoms with Crippen LogP contribution in [0.5, 0.6) is 0 Å². The highest BCUT2D eigenvalue weighted by molar-refractivity contribution is 5.88. The third kappa shape index (κ3) is 2.10. The molecule has 1 fully saturated rings. The van der Waals surface area contributed by atoms with Crippen molar-refractivity contribution >= 4 is 28.7 Å². The van der Waals surface area contributed by atoms with Crippen molar-refractivity contribution in [1.29, 1.82) is 0 Å². The predicted molar refractivity (Wildman–Crippen MR) is 73.8 cm³/mol. The van der Waals surface area contributed by atoms with Crippen molar-refractivity contribution in [2.24, 2.45) is 0 Å². The fourth-order valence-electron chi connectivity index (χ4n) is 2.24. The monoisotopic (exact) mass is 260 g/mol. The Morgan fingerprint density at radius 3 is 2.53 bits per heavy atom. The van der Waals surface area contributed by atoms with E-state index in [1.54, 1.807) is 0 Å². The van der Waals surface area contributed by atoms with E-state index < -0.39 is 0 Å². The zero-order chi connectivity index (χ0) is 13.4. The molecule has 0 unspecified atom stereocenters. The number of aryl methyl sites for hydroxylation is 1. The summed E-state index contributed by atoms with van der Waals surface area (Å²) in [5.41, 5.74) is 12.7. The molecule has 2 aromatic heterocycles. The average Bonchev–Trinajstić information content (AvgIpc) is 2.38. The summed E-state index contributed by atoms with van der Waals surface area (Å²) < 4.78 is 0. The normalized spacial score (nSPS) is 15.9. The van der Waals surface area contributed by atoms with Crippen molar-refractivity contribution in [2.75, 3.05) is 42.5 Å². The molecule has 0 aromatic carbocycles. The summed E-state index contributed by atoms with van der Waals surface area (Å²) in [5, 5.41) is 3.97. The minimum Gasteiger partial charge on any atom is -0.383 e. The number of nitrogens with zero attached hydrogens (tertiary/aromatic N) is 5. The Bertz CT molecular complexity index is 620. The Labute approximate surface area is 110 Å². The summed E-state index contributed by atoms with van der Waals surface area (Å²) in [7, 11) is 0. The summed E-state index contributed by atoms with van der Waals surface area (Å²) in [6.45, 7) is 5.48. The summed E-state index contributed by atoms with van der Waals surface area (Å²) in [4.78, 5) is 19.2. The number of fused-ring (bicyclic) bond motifs is 1. The highest BCUT2D eigenvalue weighted by Crippen LogP contribution is 2.22. The molecule has 0 spiro atoms. The van der Waals surface area contributed by atoms with Crippen molar-refractivity contribution in [3.63, 3.8) is 0 Å². The van der Waals surface area contributed by atoms with Gasteiger partial charge < -0.3 is 21.7 Å². The molecular formula is C11H16N8. The number of nitrogen functional groups attached to an aromatic ring is 2. The molecule has 0 bridgehead atoms. The summed E-state index contributed by atoms with van der Waals surface area (Å²) in [5.74, 6) is 1.13. The smallest absolute Gasteiger partial charge is 0.227 e. The molecule has 0 atom stereocenters. The SMILES string of the molecule is Cc1nc(N2CCNCC2)nc2nc(N)nc(N)c12. The van der Waals surface area contributed by atoms with Crippen molar-refractivity contribution < 1.29 is 0 Å². The largest absolute Gasteiger partial charge is 0.383 e. The van der Waals surface area contributed by atoms with E-state index in [1.807, 2.05) is 6.92 Å². The van der Waals surface area contributed by atoms with Gasteiger partial charge in [0.2, 0.25) is 11.9 Å². The maximum absolute atomic E-state index is 5.85. The molecule has 5 N–H and O–H groups in total. The number of piperazine rings is 1. The molecule has 0 saturated carbocycles. The van der Waals surface area contributed by atoms with Gasteiger partial charge in [-0.3, -0.25) is 0 Å². The fourth-order valence-corrected chi connectivity index (χ4v) is 2.24.